The lowest BCUT2D eigenvalue weighted by molar-refractivity contribution is -0.138. The second-order valence-corrected chi connectivity index (χ2v) is 7.06. The van der Waals surface area contributed by atoms with E-state index in [9.17, 15) is 9.59 Å². The monoisotopic (exact) mass is 380 g/mol. The van der Waals surface area contributed by atoms with E-state index < -0.39 is 12.2 Å². The first kappa shape index (κ1) is 18.4. The summed E-state index contributed by atoms with van der Waals surface area (Å²) in [4.78, 5) is 30.7. The van der Waals surface area contributed by atoms with Crippen LogP contribution in [0.4, 0.5) is 4.79 Å². The molecule has 3 atom stereocenters. The molecule has 2 saturated heterocycles. The summed E-state index contributed by atoms with van der Waals surface area (Å²) < 4.78 is 0. The molecule has 1 N–H and O–H groups in total. The highest BCUT2D eigenvalue weighted by molar-refractivity contribution is 6.04. The molecule has 3 heterocycles. The molecule has 28 heavy (non-hydrogen) atoms. The molecule has 0 spiro atoms. The van der Waals surface area contributed by atoms with Crippen molar-refractivity contribution in [2.75, 3.05) is 26.7 Å². The first-order valence-corrected chi connectivity index (χ1v) is 9.28. The van der Waals surface area contributed by atoms with Gasteiger partial charge >= 0.3 is 6.03 Å². The second-order valence-electron chi connectivity index (χ2n) is 7.06. The van der Waals surface area contributed by atoms with Crippen molar-refractivity contribution in [2.24, 2.45) is 5.10 Å². The van der Waals surface area contributed by atoms with Gasteiger partial charge in [0.2, 0.25) is 0 Å². The standard InChI is InChI=1S/C20H24N6O2/c1-4-11-24-18(27)16-17(23(3)20(24)28)21-19-25(16)13-15(22-26(19)12-5-2)14-9-7-6-8-10-14/h4-10,16-17,19,21H,1-2,11-13H2,3H3. The summed E-state index contributed by atoms with van der Waals surface area (Å²) in [6.07, 6.45) is 2.65. The van der Waals surface area contributed by atoms with Crippen LogP contribution < -0.4 is 5.32 Å². The lowest BCUT2D eigenvalue weighted by atomic mass is 10.1. The molecule has 0 saturated carbocycles. The third kappa shape index (κ3) is 2.81. The van der Waals surface area contributed by atoms with Gasteiger partial charge in [-0.25, -0.2) is 9.69 Å². The summed E-state index contributed by atoms with van der Waals surface area (Å²) in [5.41, 5.74) is 1.89. The van der Waals surface area contributed by atoms with Gasteiger partial charge in [0, 0.05) is 20.1 Å². The Morgan fingerprint density at radius 3 is 2.57 bits per heavy atom. The van der Waals surface area contributed by atoms with Crippen LogP contribution in [0.15, 0.2) is 60.7 Å². The van der Waals surface area contributed by atoms with Crippen molar-refractivity contribution in [3.8, 4) is 0 Å². The number of imide groups is 1. The molecule has 2 fully saturated rings. The number of carbonyl (C=O) groups is 2. The molecule has 3 amide bonds. The van der Waals surface area contributed by atoms with E-state index in [1.165, 1.54) is 4.90 Å². The lowest BCUT2D eigenvalue weighted by Gasteiger charge is -2.42. The largest absolute Gasteiger partial charge is 0.328 e. The van der Waals surface area contributed by atoms with Crippen LogP contribution in [0.3, 0.4) is 0 Å². The third-order valence-corrected chi connectivity index (χ3v) is 5.36. The Bertz CT molecular complexity index is 838. The van der Waals surface area contributed by atoms with E-state index in [1.807, 2.05) is 35.3 Å². The molecule has 3 unspecified atom stereocenters. The number of fused-ring (bicyclic) bond motifs is 3. The Balaban J connectivity index is 1.71. The minimum atomic E-state index is -0.492. The molecule has 1 aromatic rings. The summed E-state index contributed by atoms with van der Waals surface area (Å²) in [5.74, 6) is -0.212. The van der Waals surface area contributed by atoms with Crippen molar-refractivity contribution in [1.29, 1.82) is 0 Å². The highest BCUT2D eigenvalue weighted by Crippen LogP contribution is 2.30. The van der Waals surface area contributed by atoms with Gasteiger partial charge in [0.15, 0.2) is 6.29 Å². The summed E-state index contributed by atoms with van der Waals surface area (Å²) in [5, 5.41) is 10.1. The van der Waals surface area contributed by atoms with Gasteiger partial charge in [-0.3, -0.25) is 20.0 Å². The molecular formula is C20H24N6O2. The number of nitrogens with zero attached hydrogens (tertiary/aromatic N) is 5. The maximum Gasteiger partial charge on any atom is 0.328 e. The molecular weight excluding hydrogens is 356 g/mol. The Hall–Kier alpha value is -2.97. The fourth-order valence-electron chi connectivity index (χ4n) is 4.04. The molecule has 4 rings (SSSR count). The molecule has 3 aliphatic rings. The number of likely N-dealkylation sites (N-methyl/N-ethyl adjacent to an activating group) is 1. The predicted octanol–water partition coefficient (Wildman–Crippen LogP) is 0.856. The third-order valence-electron chi connectivity index (χ3n) is 5.36. The van der Waals surface area contributed by atoms with E-state index in [4.69, 9.17) is 5.10 Å². The van der Waals surface area contributed by atoms with Crippen LogP contribution in [0, 0.1) is 0 Å². The minimum Gasteiger partial charge on any atom is -0.310 e. The molecule has 0 aromatic heterocycles. The highest BCUT2D eigenvalue weighted by atomic mass is 16.2. The Morgan fingerprint density at radius 1 is 1.18 bits per heavy atom. The maximum absolute atomic E-state index is 13.2. The Morgan fingerprint density at radius 2 is 1.89 bits per heavy atom. The zero-order valence-corrected chi connectivity index (χ0v) is 15.9. The molecule has 3 aliphatic heterocycles. The first-order valence-electron chi connectivity index (χ1n) is 9.28. The first-order chi connectivity index (χ1) is 13.6. The average Bonchev–Trinajstić information content (AvgIpc) is 3.10. The van der Waals surface area contributed by atoms with Crippen LogP contribution in [0.25, 0.3) is 0 Å². The maximum atomic E-state index is 13.2. The molecule has 0 radical (unpaired) electrons. The van der Waals surface area contributed by atoms with Crippen molar-refractivity contribution in [2.45, 2.75) is 18.5 Å². The minimum absolute atomic E-state index is 0.194. The van der Waals surface area contributed by atoms with E-state index in [0.717, 1.165) is 11.3 Å². The molecule has 8 nitrogen and oxygen atoms in total. The van der Waals surface area contributed by atoms with E-state index in [0.29, 0.717) is 13.1 Å². The van der Waals surface area contributed by atoms with Gasteiger partial charge in [-0.15, -0.1) is 13.2 Å². The zero-order chi connectivity index (χ0) is 19.8. The van der Waals surface area contributed by atoms with Crippen molar-refractivity contribution in [1.82, 2.24) is 25.0 Å². The van der Waals surface area contributed by atoms with Gasteiger partial charge in [0.25, 0.3) is 5.91 Å². The van der Waals surface area contributed by atoms with E-state index in [1.54, 1.807) is 24.1 Å². The predicted molar refractivity (Wildman–Crippen MR) is 106 cm³/mol. The zero-order valence-electron chi connectivity index (χ0n) is 15.9. The van der Waals surface area contributed by atoms with E-state index in [-0.39, 0.29) is 24.8 Å². The topological polar surface area (TPSA) is 71.5 Å². The van der Waals surface area contributed by atoms with Gasteiger partial charge in [-0.05, 0) is 5.56 Å². The van der Waals surface area contributed by atoms with Crippen LogP contribution in [0.5, 0.6) is 0 Å². The quantitative estimate of drug-likeness (QED) is 0.767. The Kier molecular flexibility index (Phi) is 4.74. The van der Waals surface area contributed by atoms with Crippen LogP contribution in [0.1, 0.15) is 5.56 Å². The molecule has 1 aromatic carbocycles. The van der Waals surface area contributed by atoms with Crippen LogP contribution in [-0.2, 0) is 4.79 Å². The number of hydrogen-bond donors (Lipinski definition) is 1. The molecule has 8 heteroatoms. The van der Waals surface area contributed by atoms with Crippen LogP contribution in [-0.4, -0.2) is 82.5 Å². The summed E-state index contributed by atoms with van der Waals surface area (Å²) in [6.45, 7) is 8.72. The summed E-state index contributed by atoms with van der Waals surface area (Å²) >= 11 is 0. The van der Waals surface area contributed by atoms with Gasteiger partial charge in [0.05, 0.1) is 12.3 Å². The molecule has 0 aliphatic carbocycles. The van der Waals surface area contributed by atoms with E-state index in [2.05, 4.69) is 23.4 Å². The number of rotatable bonds is 5. The van der Waals surface area contributed by atoms with Crippen molar-refractivity contribution < 1.29 is 9.59 Å². The number of amides is 3. The Labute approximate surface area is 164 Å². The number of nitrogens with one attached hydrogen (secondary N) is 1. The lowest BCUT2D eigenvalue weighted by Crippen LogP contribution is -2.66. The van der Waals surface area contributed by atoms with Gasteiger partial charge in [-0.1, -0.05) is 42.5 Å². The van der Waals surface area contributed by atoms with Crippen LogP contribution >= 0.6 is 0 Å². The summed E-state index contributed by atoms with van der Waals surface area (Å²) in [7, 11) is 1.71. The van der Waals surface area contributed by atoms with Crippen molar-refractivity contribution >= 4 is 17.6 Å². The van der Waals surface area contributed by atoms with Crippen molar-refractivity contribution in [3.05, 3.63) is 61.2 Å². The van der Waals surface area contributed by atoms with Crippen LogP contribution in [0.2, 0.25) is 0 Å². The van der Waals surface area contributed by atoms with Gasteiger partial charge < -0.3 is 4.90 Å². The smallest absolute Gasteiger partial charge is 0.310 e. The SMILES string of the molecule is C=CCN1C(=O)C2C(NC3N(CC=C)N=C(c4ccccc4)CN23)N(C)C1=O. The number of urea groups is 1. The summed E-state index contributed by atoms with van der Waals surface area (Å²) in [6, 6.07) is 9.10. The molecule has 0 bridgehead atoms. The highest BCUT2D eigenvalue weighted by Gasteiger charge is 2.56. The second kappa shape index (κ2) is 7.21. The van der Waals surface area contributed by atoms with E-state index >= 15 is 0 Å². The number of hydrogen-bond acceptors (Lipinski definition) is 6. The number of benzene rings is 1. The number of hydrazone groups is 1. The molecule has 146 valence electrons. The van der Waals surface area contributed by atoms with Crippen molar-refractivity contribution in [3.63, 3.8) is 0 Å². The van der Waals surface area contributed by atoms with Gasteiger partial charge in [0.1, 0.15) is 12.2 Å². The fraction of sp³-hybridized carbons (Fsp3) is 0.350. The fourth-order valence-corrected chi connectivity index (χ4v) is 4.04. The number of carbonyl (C=O) groups excluding carboxylic acids is 2. The van der Waals surface area contributed by atoms with Gasteiger partial charge in [-0.2, -0.15) is 5.10 Å². The average molecular weight is 380 g/mol. The normalized spacial score (nSPS) is 27.4.